The zero-order valence-electron chi connectivity index (χ0n) is 12.1. The zero-order chi connectivity index (χ0) is 16.4. The summed E-state index contributed by atoms with van der Waals surface area (Å²) in [6.45, 7) is 5.53. The predicted molar refractivity (Wildman–Crippen MR) is 78.7 cm³/mol. The number of sulfonamides is 1. The lowest BCUT2D eigenvalue weighted by Crippen LogP contribution is -2.38. The van der Waals surface area contributed by atoms with E-state index in [1.54, 1.807) is 25.7 Å². The minimum absolute atomic E-state index is 0.166. The van der Waals surface area contributed by atoms with Crippen LogP contribution in [0.15, 0.2) is 23.1 Å². The second kappa shape index (κ2) is 5.96. The fourth-order valence-electron chi connectivity index (χ4n) is 1.93. The van der Waals surface area contributed by atoms with E-state index in [2.05, 4.69) is 0 Å². The van der Waals surface area contributed by atoms with Crippen LogP contribution >= 0.6 is 0 Å². The maximum absolute atomic E-state index is 11.3. The Hall–Kier alpha value is -1.71. The minimum atomic E-state index is -4.02. The first-order valence-corrected chi connectivity index (χ1v) is 7.79. The van der Waals surface area contributed by atoms with Crippen molar-refractivity contribution in [1.29, 1.82) is 0 Å². The molecule has 1 rings (SSSR count). The van der Waals surface area contributed by atoms with Crippen LogP contribution in [0.1, 0.15) is 20.8 Å². The van der Waals surface area contributed by atoms with Gasteiger partial charge in [-0.3, -0.25) is 10.1 Å². The van der Waals surface area contributed by atoms with Crippen LogP contribution in [0.25, 0.3) is 0 Å². The molecule has 0 aliphatic carbocycles. The van der Waals surface area contributed by atoms with Crippen LogP contribution in [0.3, 0.4) is 0 Å². The van der Waals surface area contributed by atoms with E-state index in [1.165, 1.54) is 12.1 Å². The molecule has 118 valence electrons. The molecule has 0 aromatic heterocycles. The van der Waals surface area contributed by atoms with Crippen molar-refractivity contribution in [2.24, 2.45) is 5.14 Å². The molecular weight excluding hydrogens is 298 g/mol. The van der Waals surface area contributed by atoms with E-state index < -0.39 is 20.5 Å². The standard InChI is InChI=1S/C12H19N3O5S/c1-4-14(8-12(2,3)16)10-6-5-9(21(13,19)20)7-11(10)15(17)18/h5-7,16H,4,8H2,1-3H3,(H2,13,19,20). The first-order valence-electron chi connectivity index (χ1n) is 6.24. The third-order valence-electron chi connectivity index (χ3n) is 2.77. The van der Waals surface area contributed by atoms with Crippen molar-refractivity contribution in [3.8, 4) is 0 Å². The Morgan fingerprint density at radius 1 is 1.43 bits per heavy atom. The van der Waals surface area contributed by atoms with Gasteiger partial charge in [0.25, 0.3) is 5.69 Å². The van der Waals surface area contributed by atoms with Gasteiger partial charge in [0.1, 0.15) is 5.69 Å². The number of primary sulfonamides is 1. The molecular formula is C12H19N3O5S. The molecule has 0 saturated heterocycles. The van der Waals surface area contributed by atoms with Crippen molar-refractivity contribution in [2.45, 2.75) is 31.3 Å². The van der Waals surface area contributed by atoms with Crippen molar-refractivity contribution in [2.75, 3.05) is 18.0 Å². The topological polar surface area (TPSA) is 127 Å². The van der Waals surface area contributed by atoms with Crippen LogP contribution in [-0.4, -0.2) is 37.1 Å². The first-order chi connectivity index (χ1) is 9.45. The fourth-order valence-corrected chi connectivity index (χ4v) is 2.46. The third-order valence-corrected chi connectivity index (χ3v) is 3.68. The molecule has 8 nitrogen and oxygen atoms in total. The summed E-state index contributed by atoms with van der Waals surface area (Å²) < 4.78 is 22.6. The number of rotatable bonds is 6. The number of nitrogens with zero attached hydrogens (tertiary/aromatic N) is 2. The summed E-state index contributed by atoms with van der Waals surface area (Å²) in [6.07, 6.45) is 0. The van der Waals surface area contributed by atoms with Crippen molar-refractivity contribution in [1.82, 2.24) is 0 Å². The molecule has 0 heterocycles. The highest BCUT2D eigenvalue weighted by atomic mass is 32.2. The summed E-state index contributed by atoms with van der Waals surface area (Å²) in [5, 5.41) is 26.0. The quantitative estimate of drug-likeness (QED) is 0.591. The Balaban J connectivity index is 3.38. The van der Waals surface area contributed by atoms with E-state index in [-0.39, 0.29) is 22.8 Å². The number of likely N-dealkylation sites (N-methyl/N-ethyl adjacent to an activating group) is 1. The van der Waals surface area contributed by atoms with Gasteiger partial charge in [-0.25, -0.2) is 13.6 Å². The molecule has 0 unspecified atom stereocenters. The molecule has 3 N–H and O–H groups in total. The van der Waals surface area contributed by atoms with E-state index in [4.69, 9.17) is 5.14 Å². The van der Waals surface area contributed by atoms with Gasteiger partial charge in [-0.05, 0) is 32.9 Å². The summed E-state index contributed by atoms with van der Waals surface area (Å²) >= 11 is 0. The summed E-state index contributed by atoms with van der Waals surface area (Å²) in [5.41, 5.74) is -1.19. The SMILES string of the molecule is CCN(CC(C)(C)O)c1ccc(S(N)(=O)=O)cc1[N+](=O)[O-]. The normalized spacial score (nSPS) is 12.2. The maximum atomic E-state index is 11.3. The van der Waals surface area contributed by atoms with E-state index >= 15 is 0 Å². The Morgan fingerprint density at radius 3 is 2.38 bits per heavy atom. The predicted octanol–water partition coefficient (Wildman–Crippen LogP) is 0.839. The van der Waals surface area contributed by atoms with Gasteiger partial charge in [0.2, 0.25) is 10.0 Å². The maximum Gasteiger partial charge on any atom is 0.293 e. The molecule has 0 atom stereocenters. The van der Waals surface area contributed by atoms with Gasteiger partial charge in [0.15, 0.2) is 0 Å². The number of benzene rings is 1. The number of nitro benzene ring substituents is 1. The third kappa shape index (κ3) is 4.66. The van der Waals surface area contributed by atoms with Crippen molar-refractivity contribution >= 4 is 21.4 Å². The number of anilines is 1. The van der Waals surface area contributed by atoms with E-state index in [9.17, 15) is 23.6 Å². The Bertz CT molecular complexity index is 637. The molecule has 21 heavy (non-hydrogen) atoms. The number of nitro groups is 1. The van der Waals surface area contributed by atoms with E-state index in [1.807, 2.05) is 0 Å². The summed E-state index contributed by atoms with van der Waals surface area (Å²) in [6, 6.07) is 3.47. The van der Waals surface area contributed by atoms with Crippen LogP contribution in [0.5, 0.6) is 0 Å². The van der Waals surface area contributed by atoms with Gasteiger partial charge in [-0.1, -0.05) is 0 Å². The average molecular weight is 317 g/mol. The van der Waals surface area contributed by atoms with Gasteiger partial charge in [-0.2, -0.15) is 0 Å². The highest BCUT2D eigenvalue weighted by molar-refractivity contribution is 7.89. The largest absolute Gasteiger partial charge is 0.389 e. The van der Waals surface area contributed by atoms with Gasteiger partial charge in [-0.15, -0.1) is 0 Å². The molecule has 0 spiro atoms. The second-order valence-electron chi connectivity index (χ2n) is 5.28. The van der Waals surface area contributed by atoms with Gasteiger partial charge >= 0.3 is 0 Å². The van der Waals surface area contributed by atoms with Crippen molar-refractivity contribution < 1.29 is 18.4 Å². The van der Waals surface area contributed by atoms with E-state index in [0.29, 0.717) is 6.54 Å². The van der Waals surface area contributed by atoms with Gasteiger partial charge in [0, 0.05) is 19.2 Å². The Morgan fingerprint density at radius 2 is 2.00 bits per heavy atom. The van der Waals surface area contributed by atoms with Gasteiger partial charge in [0.05, 0.1) is 15.4 Å². The van der Waals surface area contributed by atoms with Crippen LogP contribution < -0.4 is 10.0 Å². The van der Waals surface area contributed by atoms with Crippen LogP contribution in [0.4, 0.5) is 11.4 Å². The Labute approximate surface area is 123 Å². The van der Waals surface area contributed by atoms with Crippen LogP contribution in [0.2, 0.25) is 0 Å². The summed E-state index contributed by atoms with van der Waals surface area (Å²) in [4.78, 5) is 11.8. The van der Waals surface area contributed by atoms with Crippen molar-refractivity contribution in [3.05, 3.63) is 28.3 Å². The highest BCUT2D eigenvalue weighted by Crippen LogP contribution is 2.31. The molecule has 0 amide bonds. The molecule has 1 aromatic carbocycles. The summed E-state index contributed by atoms with van der Waals surface area (Å²) in [5.74, 6) is 0. The number of aliphatic hydroxyl groups is 1. The highest BCUT2D eigenvalue weighted by Gasteiger charge is 2.25. The number of hydrogen-bond donors (Lipinski definition) is 2. The second-order valence-corrected chi connectivity index (χ2v) is 6.84. The lowest BCUT2D eigenvalue weighted by Gasteiger charge is -2.29. The molecule has 0 aliphatic heterocycles. The van der Waals surface area contributed by atoms with Crippen LogP contribution in [0, 0.1) is 10.1 Å². The van der Waals surface area contributed by atoms with E-state index in [0.717, 1.165) is 6.07 Å². The fraction of sp³-hybridized carbons (Fsp3) is 0.500. The first kappa shape index (κ1) is 17.3. The lowest BCUT2D eigenvalue weighted by atomic mass is 10.1. The molecule has 0 aliphatic rings. The van der Waals surface area contributed by atoms with Gasteiger partial charge < -0.3 is 10.0 Å². The lowest BCUT2D eigenvalue weighted by molar-refractivity contribution is -0.384. The summed E-state index contributed by atoms with van der Waals surface area (Å²) in [7, 11) is -4.02. The monoisotopic (exact) mass is 317 g/mol. The zero-order valence-corrected chi connectivity index (χ0v) is 12.9. The number of hydrogen-bond acceptors (Lipinski definition) is 6. The minimum Gasteiger partial charge on any atom is -0.389 e. The molecule has 0 saturated carbocycles. The molecule has 0 radical (unpaired) electrons. The molecule has 1 aromatic rings. The number of nitrogens with two attached hydrogens (primary N) is 1. The molecule has 0 bridgehead atoms. The molecule has 0 fully saturated rings. The smallest absolute Gasteiger partial charge is 0.293 e. The Kier molecular flexibility index (Phi) is 4.92. The van der Waals surface area contributed by atoms with Crippen molar-refractivity contribution in [3.63, 3.8) is 0 Å². The van der Waals surface area contributed by atoms with Crippen LogP contribution in [-0.2, 0) is 10.0 Å². The average Bonchev–Trinajstić information content (AvgIpc) is 2.33. The molecule has 9 heteroatoms.